The maximum Gasteiger partial charge on any atom is 0.253 e. The molecule has 10 heteroatoms. The van der Waals surface area contributed by atoms with Gasteiger partial charge in [0.25, 0.3) is 11.8 Å². The summed E-state index contributed by atoms with van der Waals surface area (Å²) >= 11 is 0. The number of rotatable bonds is 6. The minimum absolute atomic E-state index is 0.0710. The van der Waals surface area contributed by atoms with Crippen molar-refractivity contribution >= 4 is 32.7 Å². The Kier molecular flexibility index (Phi) is 6.04. The largest absolute Gasteiger partial charge is 0.348 e. The summed E-state index contributed by atoms with van der Waals surface area (Å²) in [7, 11) is -3.74. The Balaban J connectivity index is 1.24. The average Bonchev–Trinajstić information content (AvgIpc) is 3.59. The summed E-state index contributed by atoms with van der Waals surface area (Å²) < 4.78 is 26.1. The number of sulfone groups is 1. The number of nitrogens with zero attached hydrogens (tertiary/aromatic N) is 3. The lowest BCUT2D eigenvalue weighted by molar-refractivity contribution is 0.0792. The summed E-state index contributed by atoms with van der Waals surface area (Å²) in [6.07, 6.45) is 5.05. The minimum Gasteiger partial charge on any atom is -0.348 e. The predicted octanol–water partition coefficient (Wildman–Crippen LogP) is 2.96. The molecule has 9 nitrogen and oxygen atoms in total. The van der Waals surface area contributed by atoms with Crippen molar-refractivity contribution < 1.29 is 18.0 Å². The first kappa shape index (κ1) is 22.7. The van der Waals surface area contributed by atoms with E-state index in [0.717, 1.165) is 36.9 Å². The van der Waals surface area contributed by atoms with Crippen LogP contribution in [0.1, 0.15) is 39.1 Å². The SMILES string of the molecule is O=C(NCc1ccc(S(=O)(=O)c2ccc(C(=O)N3CCCC3)cc2)cc1)c1cnc2[nH]ncc2c1. The first-order chi connectivity index (χ1) is 16.9. The Bertz CT molecular complexity index is 1490. The normalized spacial score (nSPS) is 13.8. The molecule has 0 unspecified atom stereocenters. The molecule has 3 heterocycles. The third-order valence-corrected chi connectivity index (χ3v) is 7.83. The molecule has 2 N–H and O–H groups in total. The van der Waals surface area contributed by atoms with Crippen molar-refractivity contribution in [2.24, 2.45) is 0 Å². The minimum atomic E-state index is -3.74. The summed E-state index contributed by atoms with van der Waals surface area (Å²) in [6, 6.07) is 14.1. The molecular weight excluding hydrogens is 466 g/mol. The van der Waals surface area contributed by atoms with Crippen molar-refractivity contribution in [1.82, 2.24) is 25.4 Å². The topological polar surface area (TPSA) is 125 Å². The van der Waals surface area contributed by atoms with Crippen molar-refractivity contribution in [2.45, 2.75) is 29.2 Å². The van der Waals surface area contributed by atoms with Crippen molar-refractivity contribution in [1.29, 1.82) is 0 Å². The van der Waals surface area contributed by atoms with Crippen LogP contribution in [-0.4, -0.2) is 53.4 Å². The summed E-state index contributed by atoms with van der Waals surface area (Å²) in [5, 5.41) is 10.2. The van der Waals surface area contributed by atoms with Gasteiger partial charge in [0, 0.05) is 36.8 Å². The average molecular weight is 490 g/mol. The highest BCUT2D eigenvalue weighted by molar-refractivity contribution is 7.91. The fourth-order valence-corrected chi connectivity index (χ4v) is 5.31. The van der Waals surface area contributed by atoms with Crippen LogP contribution >= 0.6 is 0 Å². The van der Waals surface area contributed by atoms with Gasteiger partial charge in [-0.3, -0.25) is 14.7 Å². The van der Waals surface area contributed by atoms with Crippen LogP contribution in [-0.2, 0) is 16.4 Å². The second-order valence-electron chi connectivity index (χ2n) is 8.39. The van der Waals surface area contributed by atoms with E-state index in [1.807, 2.05) is 0 Å². The molecule has 1 saturated heterocycles. The van der Waals surface area contributed by atoms with Gasteiger partial charge in [0.15, 0.2) is 5.65 Å². The zero-order valence-electron chi connectivity index (χ0n) is 18.8. The van der Waals surface area contributed by atoms with E-state index in [4.69, 9.17) is 0 Å². The van der Waals surface area contributed by atoms with E-state index in [-0.39, 0.29) is 28.2 Å². The van der Waals surface area contributed by atoms with Gasteiger partial charge in [0.2, 0.25) is 9.84 Å². The van der Waals surface area contributed by atoms with E-state index in [9.17, 15) is 18.0 Å². The number of nitrogens with one attached hydrogen (secondary N) is 2. The molecule has 0 saturated carbocycles. The van der Waals surface area contributed by atoms with Crippen LogP contribution in [0.25, 0.3) is 11.0 Å². The van der Waals surface area contributed by atoms with E-state index in [0.29, 0.717) is 16.8 Å². The molecular formula is C25H23N5O4S. The lowest BCUT2D eigenvalue weighted by Crippen LogP contribution is -2.27. The summed E-state index contributed by atoms with van der Waals surface area (Å²) in [6.45, 7) is 1.71. The molecule has 35 heavy (non-hydrogen) atoms. The molecule has 1 aliphatic heterocycles. The number of likely N-dealkylation sites (tertiary alicyclic amines) is 1. The van der Waals surface area contributed by atoms with E-state index < -0.39 is 9.84 Å². The Hall–Kier alpha value is -4.05. The number of hydrogen-bond donors (Lipinski definition) is 2. The van der Waals surface area contributed by atoms with E-state index in [1.165, 1.54) is 30.5 Å². The van der Waals surface area contributed by atoms with Gasteiger partial charge in [0.05, 0.1) is 21.6 Å². The van der Waals surface area contributed by atoms with E-state index in [2.05, 4.69) is 20.5 Å². The third kappa shape index (κ3) is 4.65. The van der Waals surface area contributed by atoms with Crippen LogP contribution in [0.4, 0.5) is 0 Å². The van der Waals surface area contributed by atoms with Gasteiger partial charge < -0.3 is 10.2 Å². The molecule has 0 atom stereocenters. The Morgan fingerprint density at radius 1 is 0.914 bits per heavy atom. The van der Waals surface area contributed by atoms with Crippen molar-refractivity contribution in [2.75, 3.05) is 13.1 Å². The molecule has 178 valence electrons. The standard InChI is InChI=1S/C25H23N5O4S/c31-24(20-13-19-16-28-29-23(19)26-15-20)27-14-17-3-7-21(8-4-17)35(33,34)22-9-5-18(6-10-22)25(32)30-11-1-2-12-30/h3-10,13,15-16H,1-2,11-12,14H2,(H,27,31)(H,26,28,29). The second-order valence-corrected chi connectivity index (χ2v) is 10.3. The summed E-state index contributed by atoms with van der Waals surface area (Å²) in [5.41, 5.74) is 2.25. The quantitative estimate of drug-likeness (QED) is 0.429. The number of aromatic amines is 1. The van der Waals surface area contributed by atoms with Gasteiger partial charge in [-0.15, -0.1) is 0 Å². The maximum atomic E-state index is 13.0. The molecule has 0 aliphatic carbocycles. The Morgan fingerprint density at radius 2 is 1.57 bits per heavy atom. The Labute approximate surface area is 202 Å². The lowest BCUT2D eigenvalue weighted by atomic mass is 10.2. The zero-order valence-corrected chi connectivity index (χ0v) is 19.6. The monoisotopic (exact) mass is 489 g/mol. The first-order valence-corrected chi connectivity index (χ1v) is 12.7. The van der Waals surface area contributed by atoms with Crippen LogP contribution in [0.2, 0.25) is 0 Å². The summed E-state index contributed by atoms with van der Waals surface area (Å²) in [5.74, 6) is -0.362. The Morgan fingerprint density at radius 3 is 2.26 bits per heavy atom. The van der Waals surface area contributed by atoms with E-state index >= 15 is 0 Å². The molecule has 1 aliphatic rings. The van der Waals surface area contributed by atoms with Crippen LogP contribution in [0, 0.1) is 0 Å². The maximum absolute atomic E-state index is 13.0. The van der Waals surface area contributed by atoms with Gasteiger partial charge in [-0.05, 0) is 60.9 Å². The van der Waals surface area contributed by atoms with Crippen LogP contribution in [0.15, 0.2) is 76.8 Å². The second kappa shape index (κ2) is 9.30. The van der Waals surface area contributed by atoms with Gasteiger partial charge >= 0.3 is 0 Å². The van der Waals surface area contributed by atoms with Gasteiger partial charge in [0.1, 0.15) is 0 Å². The number of aromatic nitrogens is 3. The molecule has 2 amide bonds. The number of amides is 2. The number of carbonyl (C=O) groups excluding carboxylic acids is 2. The number of pyridine rings is 1. The zero-order chi connectivity index (χ0) is 24.4. The molecule has 4 aromatic rings. The molecule has 2 aromatic heterocycles. The number of fused-ring (bicyclic) bond motifs is 1. The van der Waals surface area contributed by atoms with Crippen LogP contribution in [0.3, 0.4) is 0 Å². The van der Waals surface area contributed by atoms with Gasteiger partial charge in [-0.2, -0.15) is 5.10 Å². The fraction of sp³-hybridized carbons (Fsp3) is 0.200. The smallest absolute Gasteiger partial charge is 0.253 e. The van der Waals surface area contributed by atoms with Crippen LogP contribution in [0.5, 0.6) is 0 Å². The van der Waals surface area contributed by atoms with Gasteiger partial charge in [-0.25, -0.2) is 13.4 Å². The van der Waals surface area contributed by atoms with Crippen molar-refractivity contribution in [3.8, 4) is 0 Å². The highest BCUT2D eigenvalue weighted by Gasteiger charge is 2.22. The molecule has 5 rings (SSSR count). The summed E-state index contributed by atoms with van der Waals surface area (Å²) in [4.78, 5) is 31.2. The number of carbonyl (C=O) groups is 2. The molecule has 0 radical (unpaired) electrons. The third-order valence-electron chi connectivity index (χ3n) is 6.05. The lowest BCUT2D eigenvalue weighted by Gasteiger charge is -2.15. The number of benzene rings is 2. The highest BCUT2D eigenvalue weighted by atomic mass is 32.2. The van der Waals surface area contributed by atoms with Crippen molar-refractivity contribution in [3.05, 3.63) is 83.7 Å². The predicted molar refractivity (Wildman–Crippen MR) is 129 cm³/mol. The number of hydrogen-bond acceptors (Lipinski definition) is 6. The molecule has 0 bridgehead atoms. The van der Waals surface area contributed by atoms with E-state index in [1.54, 1.807) is 41.4 Å². The van der Waals surface area contributed by atoms with Gasteiger partial charge in [-0.1, -0.05) is 12.1 Å². The number of H-pyrrole nitrogens is 1. The molecule has 1 fully saturated rings. The van der Waals surface area contributed by atoms with Crippen molar-refractivity contribution in [3.63, 3.8) is 0 Å². The molecule has 2 aromatic carbocycles. The highest BCUT2D eigenvalue weighted by Crippen LogP contribution is 2.23. The fourth-order valence-electron chi connectivity index (χ4n) is 4.05. The van der Waals surface area contributed by atoms with Crippen LogP contribution < -0.4 is 5.32 Å². The molecule has 0 spiro atoms. The first-order valence-electron chi connectivity index (χ1n) is 11.2.